The highest BCUT2D eigenvalue weighted by atomic mass is 16.5. The first-order valence-corrected chi connectivity index (χ1v) is 5.12. The molecule has 3 nitrogen and oxygen atoms in total. The molecule has 0 atom stereocenters. The molecular formula is C12H15NO2. The molecule has 1 saturated heterocycles. The number of benzene rings is 1. The topological polar surface area (TPSA) is 29.5 Å². The fourth-order valence-corrected chi connectivity index (χ4v) is 1.95. The summed E-state index contributed by atoms with van der Waals surface area (Å²) >= 11 is 0. The Morgan fingerprint density at radius 1 is 1.40 bits per heavy atom. The molecule has 1 aromatic rings. The molecule has 0 radical (unpaired) electrons. The van der Waals surface area contributed by atoms with E-state index < -0.39 is 0 Å². The maximum Gasteiger partial charge on any atom is 0.153 e. The lowest BCUT2D eigenvalue weighted by Crippen LogP contribution is -2.20. The van der Waals surface area contributed by atoms with Crippen molar-refractivity contribution in [3.63, 3.8) is 0 Å². The van der Waals surface area contributed by atoms with Gasteiger partial charge in [0.25, 0.3) is 0 Å². The molecule has 0 aromatic heterocycles. The third-order valence-corrected chi connectivity index (χ3v) is 2.77. The fourth-order valence-electron chi connectivity index (χ4n) is 1.95. The van der Waals surface area contributed by atoms with E-state index in [1.54, 1.807) is 7.11 Å². The van der Waals surface area contributed by atoms with Crippen LogP contribution < -0.4 is 9.64 Å². The van der Waals surface area contributed by atoms with Crippen molar-refractivity contribution in [3.8, 4) is 5.75 Å². The van der Waals surface area contributed by atoms with Crippen molar-refractivity contribution in [2.75, 3.05) is 25.1 Å². The SMILES string of the molecule is COc1ccc(N2CCC(=O)C2)c(C)c1. The zero-order valence-electron chi connectivity index (χ0n) is 9.12. The predicted molar refractivity (Wildman–Crippen MR) is 59.6 cm³/mol. The van der Waals surface area contributed by atoms with Crippen LogP contribution in [0.4, 0.5) is 5.69 Å². The van der Waals surface area contributed by atoms with E-state index in [2.05, 4.69) is 4.90 Å². The average Bonchev–Trinajstić information content (AvgIpc) is 2.64. The summed E-state index contributed by atoms with van der Waals surface area (Å²) in [6, 6.07) is 5.95. The van der Waals surface area contributed by atoms with Crippen LogP contribution in [0.15, 0.2) is 18.2 Å². The van der Waals surface area contributed by atoms with Crippen LogP contribution in [-0.2, 0) is 4.79 Å². The normalized spacial score (nSPS) is 15.9. The minimum atomic E-state index is 0.324. The Labute approximate surface area is 89.7 Å². The van der Waals surface area contributed by atoms with Crippen LogP contribution in [0, 0.1) is 6.92 Å². The molecule has 1 aliphatic heterocycles. The van der Waals surface area contributed by atoms with Crippen LogP contribution in [0.1, 0.15) is 12.0 Å². The first-order valence-electron chi connectivity index (χ1n) is 5.12. The van der Waals surface area contributed by atoms with Gasteiger partial charge in [0, 0.05) is 18.7 Å². The number of Topliss-reactive ketones (excluding diaryl/α,β-unsaturated/α-hetero) is 1. The summed E-state index contributed by atoms with van der Waals surface area (Å²) in [5, 5.41) is 0. The highest BCUT2D eigenvalue weighted by molar-refractivity contribution is 5.87. The molecule has 0 spiro atoms. The second kappa shape index (κ2) is 3.93. The lowest BCUT2D eigenvalue weighted by molar-refractivity contribution is -0.116. The monoisotopic (exact) mass is 205 g/mol. The van der Waals surface area contributed by atoms with E-state index in [1.807, 2.05) is 25.1 Å². The molecule has 1 aromatic carbocycles. The van der Waals surface area contributed by atoms with Gasteiger partial charge in [-0.3, -0.25) is 4.79 Å². The van der Waals surface area contributed by atoms with Crippen LogP contribution in [0.2, 0.25) is 0 Å². The lowest BCUT2D eigenvalue weighted by Gasteiger charge is -2.19. The molecule has 0 unspecified atom stereocenters. The van der Waals surface area contributed by atoms with E-state index in [0.29, 0.717) is 18.7 Å². The van der Waals surface area contributed by atoms with Crippen LogP contribution in [0.5, 0.6) is 5.75 Å². The van der Waals surface area contributed by atoms with Crippen molar-refractivity contribution in [1.29, 1.82) is 0 Å². The maximum absolute atomic E-state index is 11.2. The number of methoxy groups -OCH3 is 1. The third-order valence-electron chi connectivity index (χ3n) is 2.77. The number of carbonyl (C=O) groups excluding carboxylic acids is 1. The van der Waals surface area contributed by atoms with Crippen molar-refractivity contribution in [1.82, 2.24) is 0 Å². The van der Waals surface area contributed by atoms with Crippen molar-refractivity contribution in [3.05, 3.63) is 23.8 Å². The van der Waals surface area contributed by atoms with E-state index >= 15 is 0 Å². The summed E-state index contributed by atoms with van der Waals surface area (Å²) in [6.45, 7) is 3.43. The summed E-state index contributed by atoms with van der Waals surface area (Å²) in [4.78, 5) is 13.3. The van der Waals surface area contributed by atoms with Gasteiger partial charge in [-0.1, -0.05) is 0 Å². The number of nitrogens with zero attached hydrogens (tertiary/aromatic N) is 1. The summed E-state index contributed by atoms with van der Waals surface area (Å²) < 4.78 is 5.15. The minimum absolute atomic E-state index is 0.324. The summed E-state index contributed by atoms with van der Waals surface area (Å²) in [5.41, 5.74) is 2.30. The second-order valence-electron chi connectivity index (χ2n) is 3.86. The molecule has 0 saturated carbocycles. The Kier molecular flexibility index (Phi) is 2.62. The van der Waals surface area contributed by atoms with E-state index in [-0.39, 0.29) is 0 Å². The van der Waals surface area contributed by atoms with Gasteiger partial charge in [0.05, 0.1) is 13.7 Å². The quantitative estimate of drug-likeness (QED) is 0.737. The Hall–Kier alpha value is -1.51. The number of ketones is 1. The maximum atomic E-state index is 11.2. The van der Waals surface area contributed by atoms with Gasteiger partial charge in [0.2, 0.25) is 0 Å². The average molecular weight is 205 g/mol. The molecule has 1 fully saturated rings. The molecule has 0 bridgehead atoms. The highest BCUT2D eigenvalue weighted by Gasteiger charge is 2.20. The number of aryl methyl sites for hydroxylation is 1. The Balaban J connectivity index is 2.25. The van der Waals surface area contributed by atoms with Gasteiger partial charge in [0.15, 0.2) is 5.78 Å². The van der Waals surface area contributed by atoms with E-state index in [1.165, 1.54) is 0 Å². The summed E-state index contributed by atoms with van der Waals surface area (Å²) in [5.74, 6) is 1.19. The minimum Gasteiger partial charge on any atom is -0.497 e. The molecule has 0 N–H and O–H groups in total. The molecule has 15 heavy (non-hydrogen) atoms. The van der Waals surface area contributed by atoms with Gasteiger partial charge in [-0.2, -0.15) is 0 Å². The fraction of sp³-hybridized carbons (Fsp3) is 0.417. The molecule has 0 aliphatic carbocycles. The number of hydrogen-bond donors (Lipinski definition) is 0. The molecule has 1 heterocycles. The summed E-state index contributed by atoms with van der Waals surface area (Å²) in [7, 11) is 1.66. The Bertz CT molecular complexity index is 387. The first-order chi connectivity index (χ1) is 7.20. The number of carbonyl (C=O) groups is 1. The van der Waals surface area contributed by atoms with Crippen LogP contribution in [0.3, 0.4) is 0 Å². The zero-order chi connectivity index (χ0) is 10.8. The van der Waals surface area contributed by atoms with Gasteiger partial charge in [-0.25, -0.2) is 0 Å². The predicted octanol–water partition coefficient (Wildman–Crippen LogP) is 1.78. The molecular weight excluding hydrogens is 190 g/mol. The number of anilines is 1. The number of hydrogen-bond acceptors (Lipinski definition) is 3. The molecule has 3 heteroatoms. The van der Waals surface area contributed by atoms with E-state index in [0.717, 1.165) is 23.5 Å². The molecule has 80 valence electrons. The lowest BCUT2D eigenvalue weighted by atomic mass is 10.2. The van der Waals surface area contributed by atoms with E-state index in [9.17, 15) is 4.79 Å². The highest BCUT2D eigenvalue weighted by Crippen LogP contribution is 2.26. The van der Waals surface area contributed by atoms with Crippen LogP contribution >= 0.6 is 0 Å². The Morgan fingerprint density at radius 2 is 2.20 bits per heavy atom. The van der Waals surface area contributed by atoms with Crippen LogP contribution in [0.25, 0.3) is 0 Å². The van der Waals surface area contributed by atoms with E-state index in [4.69, 9.17) is 4.74 Å². The number of ether oxygens (including phenoxy) is 1. The second-order valence-corrected chi connectivity index (χ2v) is 3.86. The first kappa shape index (κ1) is 10.0. The van der Waals surface area contributed by atoms with Crippen molar-refractivity contribution in [2.45, 2.75) is 13.3 Å². The summed E-state index contributed by atoms with van der Waals surface area (Å²) in [6.07, 6.45) is 0.672. The smallest absolute Gasteiger partial charge is 0.153 e. The van der Waals surface area contributed by atoms with Crippen molar-refractivity contribution >= 4 is 11.5 Å². The molecule has 0 amide bonds. The van der Waals surface area contributed by atoms with Gasteiger partial charge in [-0.05, 0) is 30.7 Å². The van der Waals surface area contributed by atoms with Crippen LogP contribution in [-0.4, -0.2) is 26.0 Å². The number of rotatable bonds is 2. The standard InChI is InChI=1S/C12H15NO2/c1-9-7-11(15-2)3-4-12(9)13-6-5-10(14)8-13/h3-4,7H,5-6,8H2,1-2H3. The van der Waals surface area contributed by atoms with Gasteiger partial charge in [0.1, 0.15) is 5.75 Å². The Morgan fingerprint density at radius 3 is 2.73 bits per heavy atom. The van der Waals surface area contributed by atoms with Gasteiger partial charge in [-0.15, -0.1) is 0 Å². The third kappa shape index (κ3) is 1.96. The largest absolute Gasteiger partial charge is 0.497 e. The van der Waals surface area contributed by atoms with Gasteiger partial charge < -0.3 is 9.64 Å². The van der Waals surface area contributed by atoms with Crippen molar-refractivity contribution < 1.29 is 9.53 Å². The molecule has 1 aliphatic rings. The van der Waals surface area contributed by atoms with Crippen molar-refractivity contribution in [2.24, 2.45) is 0 Å². The van der Waals surface area contributed by atoms with Gasteiger partial charge >= 0.3 is 0 Å². The zero-order valence-corrected chi connectivity index (χ0v) is 9.12. The molecule has 2 rings (SSSR count).